The van der Waals surface area contributed by atoms with E-state index >= 15 is 0 Å². The van der Waals surface area contributed by atoms with Crippen molar-refractivity contribution in [2.45, 2.75) is 38.4 Å². The number of benzene rings is 1. The third kappa shape index (κ3) is 5.78. The molecule has 1 atom stereocenters. The Hall–Kier alpha value is -2.78. The Kier molecular flexibility index (Phi) is 6.81. The van der Waals surface area contributed by atoms with E-state index in [-0.39, 0.29) is 29.5 Å². The van der Waals surface area contributed by atoms with Gasteiger partial charge in [0.05, 0.1) is 12.1 Å². The maximum atomic E-state index is 12.9. The number of fused-ring (bicyclic) bond motifs is 1. The number of alkyl halides is 3. The monoisotopic (exact) mass is 478 g/mol. The molecule has 2 aromatic heterocycles. The topological polar surface area (TPSA) is 76.9 Å². The number of pyridine rings is 1. The first-order valence-electron chi connectivity index (χ1n) is 10.6. The molecule has 0 aliphatic carbocycles. The van der Waals surface area contributed by atoms with Crippen molar-refractivity contribution in [1.29, 1.82) is 0 Å². The zero-order chi connectivity index (χ0) is 23.6. The van der Waals surface area contributed by atoms with Gasteiger partial charge in [-0.15, -0.1) is 0 Å². The first-order valence-corrected chi connectivity index (χ1v) is 11.0. The fourth-order valence-corrected chi connectivity index (χ4v) is 4.26. The molecule has 0 amide bonds. The predicted octanol–water partition coefficient (Wildman–Crippen LogP) is 4.49. The predicted molar refractivity (Wildman–Crippen MR) is 117 cm³/mol. The molecule has 1 N–H and O–H groups in total. The number of hydrogen-bond acceptors (Lipinski definition) is 5. The van der Waals surface area contributed by atoms with E-state index in [2.05, 4.69) is 15.4 Å². The van der Waals surface area contributed by atoms with E-state index in [1.165, 1.54) is 6.07 Å². The summed E-state index contributed by atoms with van der Waals surface area (Å²) < 4.78 is 40.2. The van der Waals surface area contributed by atoms with Crippen molar-refractivity contribution < 1.29 is 22.8 Å². The van der Waals surface area contributed by atoms with Gasteiger partial charge in [0.25, 0.3) is 0 Å². The third-order valence-corrected chi connectivity index (χ3v) is 6.00. The smallest absolute Gasteiger partial charge is 0.316 e. The first kappa shape index (κ1) is 23.4. The molecule has 0 saturated carbocycles. The molecule has 3 heterocycles. The van der Waals surface area contributed by atoms with E-state index in [9.17, 15) is 22.8 Å². The number of nitrogens with zero attached hydrogens (tertiary/aromatic N) is 3. The molecule has 4 rings (SSSR count). The second-order valence-electron chi connectivity index (χ2n) is 8.29. The summed E-state index contributed by atoms with van der Waals surface area (Å²) in [6, 6.07) is 6.47. The van der Waals surface area contributed by atoms with Gasteiger partial charge < -0.3 is 5.32 Å². The van der Waals surface area contributed by atoms with Crippen LogP contribution in [0.25, 0.3) is 10.9 Å². The molecular weight excluding hydrogens is 457 g/mol. The van der Waals surface area contributed by atoms with E-state index in [0.29, 0.717) is 28.8 Å². The molecule has 1 aliphatic heterocycles. The zero-order valence-electron chi connectivity index (χ0n) is 17.7. The molecule has 33 heavy (non-hydrogen) atoms. The second-order valence-corrected chi connectivity index (χ2v) is 8.70. The van der Waals surface area contributed by atoms with Crippen molar-refractivity contribution in [3.63, 3.8) is 0 Å². The highest BCUT2D eigenvalue weighted by Gasteiger charge is 2.33. The lowest BCUT2D eigenvalue weighted by atomic mass is 9.94. The van der Waals surface area contributed by atoms with Gasteiger partial charge in [0.1, 0.15) is 11.4 Å². The van der Waals surface area contributed by atoms with Crippen LogP contribution in [0, 0.1) is 5.92 Å². The van der Waals surface area contributed by atoms with E-state index in [1.807, 2.05) is 0 Å². The Bertz CT molecular complexity index is 1190. The van der Waals surface area contributed by atoms with Crippen molar-refractivity contribution in [2.24, 2.45) is 5.92 Å². The van der Waals surface area contributed by atoms with Crippen molar-refractivity contribution in [2.75, 3.05) is 13.1 Å². The molecule has 174 valence electrons. The summed E-state index contributed by atoms with van der Waals surface area (Å²) >= 11 is 6.31. The van der Waals surface area contributed by atoms with Gasteiger partial charge in [-0.1, -0.05) is 17.7 Å². The number of rotatable bonds is 7. The van der Waals surface area contributed by atoms with Crippen LogP contribution in [0.5, 0.6) is 0 Å². The lowest BCUT2D eigenvalue weighted by Gasteiger charge is -2.21. The van der Waals surface area contributed by atoms with Crippen LogP contribution in [0.4, 0.5) is 13.2 Å². The number of carbonyl (C=O) groups is 2. The standard InChI is InChI=1S/C23H22ClF3N4O2/c24-18-10-20-16(12-31(30-20)13-17(32)7-14-3-2-6-28-11-14)8-15(18)9-21(33)19-4-1-5-22(29-19)23(25,26)27/h1,4-5,8,10,12,14,28H,2-3,6-7,9,11,13H2/t14-/m0/s1. The molecule has 1 saturated heterocycles. The third-order valence-electron chi connectivity index (χ3n) is 5.65. The summed E-state index contributed by atoms with van der Waals surface area (Å²) in [5.41, 5.74) is -0.377. The molecule has 10 heteroatoms. The SMILES string of the molecule is O=C(C[C@@H]1CCCNC1)Cn1cc2cc(CC(=O)c3cccc(C(F)(F)F)n3)c(Cl)cc2n1. The lowest BCUT2D eigenvalue weighted by Crippen LogP contribution is -2.31. The summed E-state index contributed by atoms with van der Waals surface area (Å²) in [5, 5.41) is 8.65. The number of aromatic nitrogens is 3. The Morgan fingerprint density at radius 2 is 2.06 bits per heavy atom. The number of nitrogens with one attached hydrogen (secondary N) is 1. The van der Waals surface area contributed by atoms with Crippen molar-refractivity contribution >= 4 is 34.1 Å². The fourth-order valence-electron chi connectivity index (χ4n) is 4.04. The summed E-state index contributed by atoms with van der Waals surface area (Å²) in [6.07, 6.45) is -0.533. The molecule has 1 aliphatic rings. The van der Waals surface area contributed by atoms with Gasteiger partial charge in [0.2, 0.25) is 0 Å². The van der Waals surface area contributed by atoms with Gasteiger partial charge in [0.15, 0.2) is 11.6 Å². The minimum atomic E-state index is -4.63. The second kappa shape index (κ2) is 9.61. The molecule has 0 bridgehead atoms. The maximum absolute atomic E-state index is 12.9. The van der Waals surface area contributed by atoms with Gasteiger partial charge in [0, 0.05) is 29.4 Å². The molecule has 6 nitrogen and oxygen atoms in total. The van der Waals surface area contributed by atoms with Gasteiger partial charge in [-0.2, -0.15) is 18.3 Å². The Labute approximate surface area is 193 Å². The number of carbonyl (C=O) groups excluding carboxylic acids is 2. The minimum absolute atomic E-state index is 0.0913. The van der Waals surface area contributed by atoms with Gasteiger partial charge >= 0.3 is 6.18 Å². The van der Waals surface area contributed by atoms with Crippen molar-refractivity contribution in [3.05, 3.63) is 58.5 Å². The van der Waals surface area contributed by atoms with Crippen LogP contribution in [0.2, 0.25) is 5.02 Å². The van der Waals surface area contributed by atoms with E-state index < -0.39 is 17.7 Å². The average Bonchev–Trinajstić information content (AvgIpc) is 3.14. The highest BCUT2D eigenvalue weighted by atomic mass is 35.5. The lowest BCUT2D eigenvalue weighted by molar-refractivity contribution is -0.141. The zero-order valence-corrected chi connectivity index (χ0v) is 18.4. The Morgan fingerprint density at radius 1 is 1.24 bits per heavy atom. The number of halogens is 4. The van der Waals surface area contributed by atoms with Gasteiger partial charge in [-0.05, 0) is 61.7 Å². The molecule has 0 spiro atoms. The van der Waals surface area contributed by atoms with Crippen LogP contribution in [-0.2, 0) is 23.9 Å². The molecule has 0 unspecified atom stereocenters. The summed E-state index contributed by atoms with van der Waals surface area (Å²) in [6.45, 7) is 1.98. The van der Waals surface area contributed by atoms with Crippen molar-refractivity contribution in [3.8, 4) is 0 Å². The number of ketones is 2. The first-order chi connectivity index (χ1) is 15.7. The molecule has 1 aromatic carbocycles. The highest BCUT2D eigenvalue weighted by Crippen LogP contribution is 2.28. The maximum Gasteiger partial charge on any atom is 0.433 e. The molecule has 1 fully saturated rings. The molecule has 3 aromatic rings. The Morgan fingerprint density at radius 3 is 2.79 bits per heavy atom. The van der Waals surface area contributed by atoms with E-state index in [0.717, 1.165) is 38.1 Å². The van der Waals surface area contributed by atoms with Crippen LogP contribution in [0.1, 0.15) is 41.0 Å². The summed E-state index contributed by atoms with van der Waals surface area (Å²) in [7, 11) is 0. The van der Waals surface area contributed by atoms with E-state index in [4.69, 9.17) is 11.6 Å². The molecular formula is C23H22ClF3N4O2. The van der Waals surface area contributed by atoms with Crippen LogP contribution in [0.3, 0.4) is 0 Å². The summed E-state index contributed by atoms with van der Waals surface area (Å²) in [4.78, 5) is 28.4. The van der Waals surface area contributed by atoms with Gasteiger partial charge in [-0.3, -0.25) is 14.3 Å². The highest BCUT2D eigenvalue weighted by molar-refractivity contribution is 6.32. The number of Topliss-reactive ketones (excluding diaryl/α,β-unsaturated/α-hetero) is 2. The van der Waals surface area contributed by atoms with Crippen LogP contribution >= 0.6 is 11.6 Å². The van der Waals surface area contributed by atoms with Crippen LogP contribution < -0.4 is 5.32 Å². The summed E-state index contributed by atoms with van der Waals surface area (Å²) in [5.74, 6) is -0.146. The van der Waals surface area contributed by atoms with E-state index in [1.54, 1.807) is 23.0 Å². The average molecular weight is 479 g/mol. The van der Waals surface area contributed by atoms with Crippen molar-refractivity contribution in [1.82, 2.24) is 20.1 Å². The number of piperidine rings is 1. The normalized spacial score (nSPS) is 16.8. The Balaban J connectivity index is 1.47. The van der Waals surface area contributed by atoms with Crippen LogP contribution in [-0.4, -0.2) is 39.4 Å². The van der Waals surface area contributed by atoms with Crippen LogP contribution in [0.15, 0.2) is 36.5 Å². The number of hydrogen-bond donors (Lipinski definition) is 1. The largest absolute Gasteiger partial charge is 0.433 e. The van der Waals surface area contributed by atoms with Gasteiger partial charge in [-0.25, -0.2) is 4.98 Å². The quantitative estimate of drug-likeness (QED) is 0.506. The minimum Gasteiger partial charge on any atom is -0.316 e. The molecule has 0 radical (unpaired) electrons. The fraction of sp³-hybridized carbons (Fsp3) is 0.391.